The summed E-state index contributed by atoms with van der Waals surface area (Å²) in [5.74, 6) is 0. The third kappa shape index (κ3) is 23.6. The van der Waals surface area contributed by atoms with Crippen LogP contribution in [0.1, 0.15) is 103 Å². The maximum atomic E-state index is 9.69. The first-order valence-electron chi connectivity index (χ1n) is 11.7. The minimum atomic E-state index is -0.361. The van der Waals surface area contributed by atoms with Gasteiger partial charge in [0.15, 0.2) is 0 Å². The second-order valence-corrected chi connectivity index (χ2v) is 8.28. The van der Waals surface area contributed by atoms with Gasteiger partial charge in [-0.15, -0.1) is 0 Å². The maximum absolute atomic E-state index is 9.69. The first-order valence-corrected chi connectivity index (χ1v) is 11.7. The Morgan fingerprint density at radius 2 is 1.22 bits per heavy atom. The first-order chi connectivity index (χ1) is 13.2. The molecule has 0 spiro atoms. The smallest absolute Gasteiger partial charge is 0.0899 e. The van der Waals surface area contributed by atoms with Crippen LogP contribution in [0.2, 0.25) is 0 Å². The molecule has 0 fully saturated rings. The number of unbranched alkanes of at least 4 members (excludes halogenated alkanes) is 13. The number of allylic oxidation sites excluding steroid dienone is 2. The lowest BCUT2D eigenvalue weighted by atomic mass is 10.1. The lowest BCUT2D eigenvalue weighted by Crippen LogP contribution is -2.29. The van der Waals surface area contributed by atoms with Crippen molar-refractivity contribution in [3.63, 3.8) is 0 Å². The second-order valence-electron chi connectivity index (χ2n) is 8.28. The normalized spacial score (nSPS) is 13.1. The Bertz CT molecular complexity index is 305. The fourth-order valence-electron chi connectivity index (χ4n) is 3.32. The molecule has 1 N–H and O–H groups in total. The Hall–Kier alpha value is -0.380. The number of ether oxygens (including phenoxy) is 1. The molecule has 3 nitrogen and oxygen atoms in total. The predicted molar refractivity (Wildman–Crippen MR) is 119 cm³/mol. The molecule has 0 rings (SSSR count). The van der Waals surface area contributed by atoms with Crippen LogP contribution in [0.25, 0.3) is 0 Å². The van der Waals surface area contributed by atoms with Crippen LogP contribution in [0.5, 0.6) is 0 Å². The van der Waals surface area contributed by atoms with Crippen LogP contribution in [0.4, 0.5) is 0 Å². The Balaban J connectivity index is 3.13. The van der Waals surface area contributed by atoms with E-state index in [1.54, 1.807) is 0 Å². The van der Waals surface area contributed by atoms with Crippen molar-refractivity contribution < 1.29 is 9.84 Å². The van der Waals surface area contributed by atoms with Gasteiger partial charge in [-0.1, -0.05) is 83.3 Å². The molecule has 0 aliphatic heterocycles. The third-order valence-corrected chi connectivity index (χ3v) is 4.94. The molecule has 0 aromatic carbocycles. The Morgan fingerprint density at radius 3 is 1.74 bits per heavy atom. The molecule has 162 valence electrons. The first kappa shape index (κ1) is 26.6. The molecule has 0 heterocycles. The van der Waals surface area contributed by atoms with Crippen LogP contribution < -0.4 is 0 Å². The zero-order valence-electron chi connectivity index (χ0n) is 18.8. The Morgan fingerprint density at radius 1 is 0.741 bits per heavy atom. The van der Waals surface area contributed by atoms with E-state index in [-0.39, 0.29) is 6.10 Å². The van der Waals surface area contributed by atoms with Gasteiger partial charge in [0.05, 0.1) is 12.7 Å². The summed E-state index contributed by atoms with van der Waals surface area (Å²) in [5.41, 5.74) is 0. The minimum absolute atomic E-state index is 0.361. The van der Waals surface area contributed by atoms with Crippen molar-refractivity contribution in [1.29, 1.82) is 0 Å². The lowest BCUT2D eigenvalue weighted by molar-refractivity contribution is 0.0229. The number of aliphatic hydroxyl groups excluding tert-OH is 1. The molecule has 0 radical (unpaired) electrons. The quantitative estimate of drug-likeness (QED) is 0.185. The molecule has 0 amide bonds. The third-order valence-electron chi connectivity index (χ3n) is 4.94. The summed E-state index contributed by atoms with van der Waals surface area (Å²) in [6, 6.07) is 0. The van der Waals surface area contributed by atoms with Crippen molar-refractivity contribution >= 4 is 0 Å². The zero-order chi connectivity index (χ0) is 20.0. The van der Waals surface area contributed by atoms with Crippen molar-refractivity contribution in [2.45, 2.75) is 109 Å². The summed E-state index contributed by atoms with van der Waals surface area (Å²) in [6.07, 6.45) is 24.5. The van der Waals surface area contributed by atoms with Crippen LogP contribution in [-0.2, 0) is 4.74 Å². The van der Waals surface area contributed by atoms with E-state index in [4.69, 9.17) is 4.74 Å². The standard InChI is InChI=1S/C24H49NO2/c1-4-5-6-7-8-9-10-11-12-13-14-15-16-17-18-19-20-21-27-23-24(26)22-25(2)3/h11-12,24,26H,4-10,13-23H2,1-3H3/b12-11-. The van der Waals surface area contributed by atoms with Gasteiger partial charge in [-0.25, -0.2) is 0 Å². The number of nitrogens with zero attached hydrogens (tertiary/aromatic N) is 1. The predicted octanol–water partition coefficient (Wildman–Crippen LogP) is 6.35. The number of aliphatic hydroxyl groups is 1. The zero-order valence-corrected chi connectivity index (χ0v) is 18.8. The summed E-state index contributed by atoms with van der Waals surface area (Å²) in [7, 11) is 3.94. The van der Waals surface area contributed by atoms with Crippen molar-refractivity contribution in [2.24, 2.45) is 0 Å². The van der Waals surface area contributed by atoms with Crippen molar-refractivity contribution in [1.82, 2.24) is 4.90 Å². The summed E-state index contributed by atoms with van der Waals surface area (Å²) >= 11 is 0. The van der Waals surface area contributed by atoms with Crippen LogP contribution in [0, 0.1) is 0 Å². The van der Waals surface area contributed by atoms with E-state index in [9.17, 15) is 5.11 Å². The van der Waals surface area contributed by atoms with Gasteiger partial charge in [0.2, 0.25) is 0 Å². The van der Waals surface area contributed by atoms with Gasteiger partial charge in [0, 0.05) is 13.2 Å². The molecule has 1 unspecified atom stereocenters. The second kappa shape index (κ2) is 21.9. The number of likely N-dealkylation sites (N-methyl/N-ethyl adjacent to an activating group) is 1. The molecule has 0 saturated carbocycles. The van der Waals surface area contributed by atoms with E-state index >= 15 is 0 Å². The average Bonchev–Trinajstić information content (AvgIpc) is 2.63. The van der Waals surface area contributed by atoms with E-state index in [2.05, 4.69) is 19.1 Å². The molecule has 27 heavy (non-hydrogen) atoms. The highest BCUT2D eigenvalue weighted by atomic mass is 16.5. The molecule has 0 aromatic heterocycles. The molecular formula is C24H49NO2. The molecule has 0 aliphatic rings. The van der Waals surface area contributed by atoms with Crippen molar-refractivity contribution in [3.05, 3.63) is 12.2 Å². The van der Waals surface area contributed by atoms with E-state index in [1.165, 1.54) is 89.9 Å². The summed E-state index contributed by atoms with van der Waals surface area (Å²) in [4.78, 5) is 1.99. The van der Waals surface area contributed by atoms with E-state index < -0.39 is 0 Å². The SMILES string of the molecule is CCCCCCCC/C=C\CCCCCCCCCOCC(O)CN(C)C. The maximum Gasteiger partial charge on any atom is 0.0899 e. The van der Waals surface area contributed by atoms with Gasteiger partial charge < -0.3 is 14.7 Å². The lowest BCUT2D eigenvalue weighted by Gasteiger charge is -2.15. The number of hydrogen-bond acceptors (Lipinski definition) is 3. The Kier molecular flexibility index (Phi) is 21.6. The largest absolute Gasteiger partial charge is 0.389 e. The van der Waals surface area contributed by atoms with Crippen LogP contribution in [0.15, 0.2) is 12.2 Å². The van der Waals surface area contributed by atoms with Crippen LogP contribution >= 0.6 is 0 Å². The molecule has 0 bridgehead atoms. The average molecular weight is 384 g/mol. The fourth-order valence-corrected chi connectivity index (χ4v) is 3.32. The summed E-state index contributed by atoms with van der Waals surface area (Å²) in [5, 5.41) is 9.69. The minimum Gasteiger partial charge on any atom is -0.389 e. The highest BCUT2D eigenvalue weighted by Gasteiger charge is 2.04. The Labute approximate surface area is 170 Å². The van der Waals surface area contributed by atoms with E-state index in [0.29, 0.717) is 13.2 Å². The molecule has 0 saturated heterocycles. The van der Waals surface area contributed by atoms with E-state index in [1.807, 2.05) is 19.0 Å². The van der Waals surface area contributed by atoms with Gasteiger partial charge >= 0.3 is 0 Å². The molecule has 1 atom stereocenters. The van der Waals surface area contributed by atoms with E-state index in [0.717, 1.165) is 13.0 Å². The number of hydrogen-bond donors (Lipinski definition) is 1. The number of rotatable bonds is 21. The molecular weight excluding hydrogens is 334 g/mol. The molecule has 3 heteroatoms. The van der Waals surface area contributed by atoms with Crippen molar-refractivity contribution in [2.75, 3.05) is 33.9 Å². The highest BCUT2D eigenvalue weighted by Crippen LogP contribution is 2.10. The van der Waals surface area contributed by atoms with Gasteiger partial charge in [-0.3, -0.25) is 0 Å². The topological polar surface area (TPSA) is 32.7 Å². The van der Waals surface area contributed by atoms with Crippen molar-refractivity contribution in [3.8, 4) is 0 Å². The highest BCUT2D eigenvalue weighted by molar-refractivity contribution is 4.81. The molecule has 0 aromatic rings. The molecule has 0 aliphatic carbocycles. The summed E-state index contributed by atoms with van der Waals surface area (Å²) < 4.78 is 5.54. The monoisotopic (exact) mass is 383 g/mol. The fraction of sp³-hybridized carbons (Fsp3) is 0.917. The van der Waals surface area contributed by atoms with Gasteiger partial charge in [-0.2, -0.15) is 0 Å². The van der Waals surface area contributed by atoms with Crippen LogP contribution in [0.3, 0.4) is 0 Å². The van der Waals surface area contributed by atoms with Gasteiger partial charge in [0.1, 0.15) is 0 Å². The summed E-state index contributed by atoms with van der Waals surface area (Å²) in [6.45, 7) is 4.20. The van der Waals surface area contributed by atoms with Crippen LogP contribution in [-0.4, -0.2) is 50.0 Å². The van der Waals surface area contributed by atoms with Gasteiger partial charge in [-0.05, 0) is 46.2 Å². The van der Waals surface area contributed by atoms with Gasteiger partial charge in [0.25, 0.3) is 0 Å².